The van der Waals surface area contributed by atoms with Gasteiger partial charge < -0.3 is 20.3 Å². The zero-order valence-electron chi connectivity index (χ0n) is 16.3. The molecule has 1 saturated heterocycles. The SMILES string of the molecule is CCNC(=NCC(C)Oc1cccc(F)c1)NCC1CN(C)CCN1C. The van der Waals surface area contributed by atoms with E-state index in [2.05, 4.69) is 39.5 Å². The van der Waals surface area contributed by atoms with Gasteiger partial charge in [-0.1, -0.05) is 6.07 Å². The van der Waals surface area contributed by atoms with Gasteiger partial charge in [-0.2, -0.15) is 0 Å². The topological polar surface area (TPSA) is 52.1 Å². The number of piperazine rings is 1. The van der Waals surface area contributed by atoms with E-state index in [1.165, 1.54) is 12.1 Å². The molecule has 2 atom stereocenters. The molecule has 1 fully saturated rings. The third kappa shape index (κ3) is 6.80. The third-order valence-corrected chi connectivity index (χ3v) is 4.47. The van der Waals surface area contributed by atoms with Crippen LogP contribution in [0.2, 0.25) is 0 Å². The molecule has 0 aliphatic carbocycles. The van der Waals surface area contributed by atoms with E-state index in [0.29, 0.717) is 18.3 Å². The molecule has 0 aromatic heterocycles. The van der Waals surface area contributed by atoms with Crippen LogP contribution in [0.15, 0.2) is 29.3 Å². The number of hydrogen-bond donors (Lipinski definition) is 2. The summed E-state index contributed by atoms with van der Waals surface area (Å²) < 4.78 is 19.0. The number of benzene rings is 1. The van der Waals surface area contributed by atoms with Crippen LogP contribution in [0.4, 0.5) is 4.39 Å². The summed E-state index contributed by atoms with van der Waals surface area (Å²) in [5.41, 5.74) is 0. The van der Waals surface area contributed by atoms with Crippen LogP contribution < -0.4 is 15.4 Å². The molecule has 26 heavy (non-hydrogen) atoms. The van der Waals surface area contributed by atoms with Gasteiger partial charge in [-0.25, -0.2) is 9.38 Å². The maximum Gasteiger partial charge on any atom is 0.191 e. The molecule has 0 amide bonds. The second-order valence-corrected chi connectivity index (χ2v) is 6.88. The number of ether oxygens (including phenoxy) is 1. The van der Waals surface area contributed by atoms with Gasteiger partial charge in [0, 0.05) is 44.8 Å². The van der Waals surface area contributed by atoms with Crippen molar-refractivity contribution in [3.8, 4) is 5.75 Å². The summed E-state index contributed by atoms with van der Waals surface area (Å²) >= 11 is 0. The fourth-order valence-electron chi connectivity index (χ4n) is 2.91. The second kappa shape index (κ2) is 10.3. The van der Waals surface area contributed by atoms with Gasteiger partial charge in [0.25, 0.3) is 0 Å². The maximum absolute atomic E-state index is 13.2. The summed E-state index contributed by atoms with van der Waals surface area (Å²) in [7, 11) is 4.32. The Bertz CT molecular complexity index is 583. The van der Waals surface area contributed by atoms with Crippen molar-refractivity contribution < 1.29 is 9.13 Å². The summed E-state index contributed by atoms with van der Waals surface area (Å²) in [5, 5.41) is 6.69. The van der Waals surface area contributed by atoms with Crippen molar-refractivity contribution in [2.24, 2.45) is 4.99 Å². The number of likely N-dealkylation sites (N-methyl/N-ethyl adjacent to an activating group) is 2. The standard InChI is InChI=1S/C19H32FN5O/c1-5-21-19(23-13-17-14-24(3)9-10-25(17)4)22-12-15(2)26-18-8-6-7-16(20)11-18/h6-8,11,15,17H,5,9-10,12-14H2,1-4H3,(H2,21,22,23). The summed E-state index contributed by atoms with van der Waals surface area (Å²) in [5.74, 6) is 1.01. The lowest BCUT2D eigenvalue weighted by molar-refractivity contribution is 0.116. The monoisotopic (exact) mass is 365 g/mol. The predicted molar refractivity (Wildman–Crippen MR) is 104 cm³/mol. The molecule has 7 heteroatoms. The summed E-state index contributed by atoms with van der Waals surface area (Å²) in [6.45, 7) is 9.34. The second-order valence-electron chi connectivity index (χ2n) is 6.88. The van der Waals surface area contributed by atoms with Gasteiger partial charge >= 0.3 is 0 Å². The van der Waals surface area contributed by atoms with Crippen molar-refractivity contribution >= 4 is 5.96 Å². The normalized spacial score (nSPS) is 20.7. The average molecular weight is 365 g/mol. The maximum atomic E-state index is 13.2. The smallest absolute Gasteiger partial charge is 0.191 e. The Morgan fingerprint density at radius 3 is 2.88 bits per heavy atom. The van der Waals surface area contributed by atoms with Crippen molar-refractivity contribution in [3.05, 3.63) is 30.1 Å². The van der Waals surface area contributed by atoms with Gasteiger partial charge in [-0.15, -0.1) is 0 Å². The van der Waals surface area contributed by atoms with Gasteiger partial charge in [0.1, 0.15) is 17.7 Å². The highest BCUT2D eigenvalue weighted by Gasteiger charge is 2.22. The van der Waals surface area contributed by atoms with Gasteiger partial charge in [0.05, 0.1) is 6.54 Å². The molecule has 1 aliphatic rings. The van der Waals surface area contributed by atoms with Crippen LogP contribution in [0.3, 0.4) is 0 Å². The third-order valence-electron chi connectivity index (χ3n) is 4.47. The molecule has 0 saturated carbocycles. The van der Waals surface area contributed by atoms with Gasteiger partial charge in [-0.3, -0.25) is 4.90 Å². The van der Waals surface area contributed by atoms with Crippen LogP contribution in [0.25, 0.3) is 0 Å². The Labute approximate surface area is 156 Å². The molecule has 1 aromatic rings. The first-order valence-electron chi connectivity index (χ1n) is 9.31. The van der Waals surface area contributed by atoms with E-state index in [1.807, 2.05) is 13.8 Å². The first-order chi connectivity index (χ1) is 12.5. The first-order valence-corrected chi connectivity index (χ1v) is 9.31. The van der Waals surface area contributed by atoms with Crippen LogP contribution in [0.1, 0.15) is 13.8 Å². The molecule has 2 rings (SSSR count). The Balaban J connectivity index is 1.85. The van der Waals surface area contributed by atoms with Gasteiger partial charge in [0.2, 0.25) is 0 Å². The molecule has 1 heterocycles. The molecular weight excluding hydrogens is 333 g/mol. The van der Waals surface area contributed by atoms with Crippen molar-refractivity contribution in [1.82, 2.24) is 20.4 Å². The minimum absolute atomic E-state index is 0.143. The minimum atomic E-state index is -0.297. The van der Waals surface area contributed by atoms with E-state index in [9.17, 15) is 4.39 Å². The van der Waals surface area contributed by atoms with Crippen LogP contribution in [0, 0.1) is 5.82 Å². The zero-order valence-corrected chi connectivity index (χ0v) is 16.3. The van der Waals surface area contributed by atoms with E-state index in [1.54, 1.807) is 12.1 Å². The van der Waals surface area contributed by atoms with E-state index in [0.717, 1.165) is 38.7 Å². The Morgan fingerprint density at radius 1 is 1.35 bits per heavy atom. The first kappa shape index (κ1) is 20.5. The van der Waals surface area contributed by atoms with Crippen LogP contribution in [-0.4, -0.2) is 81.3 Å². The highest BCUT2D eigenvalue weighted by molar-refractivity contribution is 5.79. The molecule has 1 aromatic carbocycles. The van der Waals surface area contributed by atoms with Crippen molar-refractivity contribution in [3.63, 3.8) is 0 Å². The van der Waals surface area contributed by atoms with Crippen molar-refractivity contribution in [2.75, 3.05) is 53.4 Å². The fraction of sp³-hybridized carbons (Fsp3) is 0.632. The number of rotatable bonds is 7. The lowest BCUT2D eigenvalue weighted by Gasteiger charge is -2.37. The van der Waals surface area contributed by atoms with E-state index in [-0.39, 0.29) is 11.9 Å². The number of nitrogens with one attached hydrogen (secondary N) is 2. The fourth-order valence-corrected chi connectivity index (χ4v) is 2.91. The minimum Gasteiger partial charge on any atom is -0.489 e. The number of guanidine groups is 1. The number of halogens is 1. The summed E-state index contributed by atoms with van der Waals surface area (Å²) in [4.78, 5) is 9.34. The average Bonchev–Trinajstić information content (AvgIpc) is 2.60. The number of hydrogen-bond acceptors (Lipinski definition) is 4. The number of nitrogens with zero attached hydrogens (tertiary/aromatic N) is 3. The molecule has 1 aliphatic heterocycles. The zero-order chi connectivity index (χ0) is 18.9. The highest BCUT2D eigenvalue weighted by Crippen LogP contribution is 2.13. The largest absolute Gasteiger partial charge is 0.489 e. The predicted octanol–water partition coefficient (Wildman–Crippen LogP) is 1.39. The van der Waals surface area contributed by atoms with E-state index >= 15 is 0 Å². The Hall–Kier alpha value is -1.86. The molecule has 0 radical (unpaired) electrons. The lowest BCUT2D eigenvalue weighted by atomic mass is 10.2. The Kier molecular flexibility index (Phi) is 8.12. The van der Waals surface area contributed by atoms with Crippen molar-refractivity contribution in [2.45, 2.75) is 26.0 Å². The van der Waals surface area contributed by atoms with Gasteiger partial charge in [-0.05, 0) is 40.1 Å². The van der Waals surface area contributed by atoms with Crippen LogP contribution in [0.5, 0.6) is 5.75 Å². The molecule has 2 unspecified atom stereocenters. The summed E-state index contributed by atoms with van der Waals surface area (Å²) in [6, 6.07) is 6.65. The van der Waals surface area contributed by atoms with Gasteiger partial charge in [0.15, 0.2) is 5.96 Å². The van der Waals surface area contributed by atoms with Crippen LogP contribution >= 0.6 is 0 Å². The Morgan fingerprint density at radius 2 is 2.15 bits per heavy atom. The summed E-state index contributed by atoms with van der Waals surface area (Å²) in [6.07, 6.45) is -0.143. The molecular formula is C19H32FN5O. The van der Waals surface area contributed by atoms with Crippen LogP contribution in [-0.2, 0) is 0 Å². The molecule has 0 bridgehead atoms. The highest BCUT2D eigenvalue weighted by atomic mass is 19.1. The van der Waals surface area contributed by atoms with Crippen molar-refractivity contribution in [1.29, 1.82) is 0 Å². The molecule has 2 N–H and O–H groups in total. The number of aliphatic imine (C=N–C) groups is 1. The van der Waals surface area contributed by atoms with E-state index < -0.39 is 0 Å². The molecule has 146 valence electrons. The lowest BCUT2D eigenvalue weighted by Crippen LogP contribution is -2.55. The van der Waals surface area contributed by atoms with E-state index in [4.69, 9.17) is 4.74 Å². The molecule has 6 nitrogen and oxygen atoms in total. The quantitative estimate of drug-likeness (QED) is 0.565. The molecule has 0 spiro atoms.